The molecular formula is C18H25FN4O2. The first-order valence-corrected chi connectivity index (χ1v) is 8.76. The SMILES string of the molecule is CN1CCN(C(=O)CC2NCCN(Cc3ccccc3F)C2=O)CC1. The number of piperazine rings is 2. The van der Waals surface area contributed by atoms with Crippen molar-refractivity contribution < 1.29 is 14.0 Å². The molecule has 2 aliphatic rings. The average molecular weight is 348 g/mol. The number of carbonyl (C=O) groups excluding carboxylic acids is 2. The summed E-state index contributed by atoms with van der Waals surface area (Å²) in [5.74, 6) is -0.428. The van der Waals surface area contributed by atoms with Crippen molar-refractivity contribution in [1.82, 2.24) is 20.0 Å². The van der Waals surface area contributed by atoms with Crippen LogP contribution in [-0.2, 0) is 16.1 Å². The number of benzene rings is 1. The van der Waals surface area contributed by atoms with Crippen LogP contribution >= 0.6 is 0 Å². The van der Waals surface area contributed by atoms with Gasteiger partial charge in [0.05, 0.1) is 12.5 Å². The van der Waals surface area contributed by atoms with Gasteiger partial charge in [0.15, 0.2) is 0 Å². The summed E-state index contributed by atoms with van der Waals surface area (Å²) in [6.07, 6.45) is 0.163. The molecule has 0 aromatic heterocycles. The number of hydrogen-bond donors (Lipinski definition) is 1. The summed E-state index contributed by atoms with van der Waals surface area (Å²) in [6, 6.07) is 5.97. The number of nitrogens with one attached hydrogen (secondary N) is 1. The van der Waals surface area contributed by atoms with Crippen molar-refractivity contribution in [2.75, 3.05) is 46.3 Å². The van der Waals surface area contributed by atoms with Crippen molar-refractivity contribution in [3.8, 4) is 0 Å². The molecule has 1 aromatic rings. The Kier molecular flexibility index (Phi) is 5.65. The van der Waals surface area contributed by atoms with Crippen LogP contribution in [0.25, 0.3) is 0 Å². The number of likely N-dealkylation sites (N-methyl/N-ethyl adjacent to an activating group) is 1. The standard InChI is InChI=1S/C18H25FN4O2/c1-21-8-10-22(11-9-21)17(24)12-16-18(25)23(7-6-20-16)13-14-4-2-3-5-15(14)19/h2-5,16,20H,6-13H2,1H3. The van der Waals surface area contributed by atoms with Crippen LogP contribution in [0, 0.1) is 5.82 Å². The minimum atomic E-state index is -0.521. The van der Waals surface area contributed by atoms with E-state index in [0.29, 0.717) is 31.7 Å². The molecule has 25 heavy (non-hydrogen) atoms. The second kappa shape index (κ2) is 7.93. The highest BCUT2D eigenvalue weighted by Gasteiger charge is 2.32. The Morgan fingerprint density at radius 2 is 1.92 bits per heavy atom. The molecule has 2 saturated heterocycles. The molecule has 0 aliphatic carbocycles. The van der Waals surface area contributed by atoms with Crippen LogP contribution in [0.4, 0.5) is 4.39 Å². The number of hydrogen-bond acceptors (Lipinski definition) is 4. The van der Waals surface area contributed by atoms with Crippen molar-refractivity contribution in [1.29, 1.82) is 0 Å². The molecule has 1 atom stereocenters. The van der Waals surface area contributed by atoms with E-state index < -0.39 is 6.04 Å². The van der Waals surface area contributed by atoms with Gasteiger partial charge in [-0.15, -0.1) is 0 Å². The van der Waals surface area contributed by atoms with Crippen LogP contribution in [0.15, 0.2) is 24.3 Å². The molecule has 7 heteroatoms. The van der Waals surface area contributed by atoms with Crippen molar-refractivity contribution in [2.45, 2.75) is 19.0 Å². The molecule has 3 rings (SSSR count). The Morgan fingerprint density at radius 1 is 1.20 bits per heavy atom. The molecule has 0 spiro atoms. The molecule has 136 valence electrons. The summed E-state index contributed by atoms with van der Waals surface area (Å²) in [5, 5.41) is 3.14. The largest absolute Gasteiger partial charge is 0.340 e. The van der Waals surface area contributed by atoms with Gasteiger partial charge in [0, 0.05) is 51.4 Å². The summed E-state index contributed by atoms with van der Waals surface area (Å²) in [6.45, 7) is 4.50. The minimum Gasteiger partial charge on any atom is -0.340 e. The van der Waals surface area contributed by atoms with E-state index in [4.69, 9.17) is 0 Å². The Labute approximate surface area is 147 Å². The summed E-state index contributed by atoms with van der Waals surface area (Å²) in [4.78, 5) is 30.8. The van der Waals surface area contributed by atoms with Crippen molar-refractivity contribution in [3.63, 3.8) is 0 Å². The van der Waals surface area contributed by atoms with E-state index in [1.54, 1.807) is 23.1 Å². The highest BCUT2D eigenvalue weighted by Crippen LogP contribution is 2.14. The molecule has 1 N–H and O–H groups in total. The highest BCUT2D eigenvalue weighted by atomic mass is 19.1. The number of amides is 2. The van der Waals surface area contributed by atoms with Gasteiger partial charge in [-0.3, -0.25) is 9.59 Å². The van der Waals surface area contributed by atoms with Gasteiger partial charge in [-0.25, -0.2) is 4.39 Å². The summed E-state index contributed by atoms with van der Waals surface area (Å²) < 4.78 is 13.8. The van der Waals surface area contributed by atoms with Crippen molar-refractivity contribution in [3.05, 3.63) is 35.6 Å². The third-order valence-corrected chi connectivity index (χ3v) is 4.94. The lowest BCUT2D eigenvalue weighted by molar-refractivity contribution is -0.142. The van der Waals surface area contributed by atoms with Gasteiger partial charge < -0.3 is 20.0 Å². The average Bonchev–Trinajstić information content (AvgIpc) is 2.61. The summed E-state index contributed by atoms with van der Waals surface area (Å²) in [5.41, 5.74) is 0.502. The van der Waals surface area contributed by atoms with E-state index in [-0.39, 0.29) is 30.6 Å². The maximum atomic E-state index is 13.8. The Hall–Kier alpha value is -1.99. The number of rotatable bonds is 4. The Balaban J connectivity index is 1.58. The van der Waals surface area contributed by atoms with Crippen LogP contribution < -0.4 is 5.32 Å². The predicted octanol–water partition coefficient (Wildman–Crippen LogP) is 0.290. The maximum absolute atomic E-state index is 13.8. The molecule has 0 saturated carbocycles. The minimum absolute atomic E-state index is 0.00620. The lowest BCUT2D eigenvalue weighted by Gasteiger charge is -2.36. The van der Waals surface area contributed by atoms with Gasteiger partial charge >= 0.3 is 0 Å². The van der Waals surface area contributed by atoms with Gasteiger partial charge in [-0.1, -0.05) is 18.2 Å². The maximum Gasteiger partial charge on any atom is 0.240 e. The molecule has 2 amide bonds. The summed E-state index contributed by atoms with van der Waals surface area (Å²) in [7, 11) is 2.04. The van der Waals surface area contributed by atoms with E-state index in [9.17, 15) is 14.0 Å². The van der Waals surface area contributed by atoms with Crippen molar-refractivity contribution >= 4 is 11.8 Å². The van der Waals surface area contributed by atoms with Crippen LogP contribution in [-0.4, -0.2) is 78.9 Å². The van der Waals surface area contributed by atoms with E-state index in [1.165, 1.54) is 6.07 Å². The number of carbonyl (C=O) groups is 2. The Bertz CT molecular complexity index is 631. The molecule has 1 unspecified atom stereocenters. The molecule has 2 heterocycles. The Morgan fingerprint density at radius 3 is 2.64 bits per heavy atom. The van der Waals surface area contributed by atoms with Crippen LogP contribution in [0.1, 0.15) is 12.0 Å². The summed E-state index contributed by atoms with van der Waals surface area (Å²) >= 11 is 0. The zero-order valence-corrected chi connectivity index (χ0v) is 14.6. The molecule has 2 fully saturated rings. The lowest BCUT2D eigenvalue weighted by atomic mass is 10.1. The van der Waals surface area contributed by atoms with E-state index >= 15 is 0 Å². The topological polar surface area (TPSA) is 55.9 Å². The first-order chi connectivity index (χ1) is 12.0. The van der Waals surface area contributed by atoms with E-state index in [1.807, 2.05) is 11.9 Å². The van der Waals surface area contributed by atoms with Crippen LogP contribution in [0.3, 0.4) is 0 Å². The fourth-order valence-corrected chi connectivity index (χ4v) is 3.30. The first kappa shape index (κ1) is 17.8. The highest BCUT2D eigenvalue weighted by molar-refractivity contribution is 5.89. The third kappa shape index (κ3) is 4.35. The zero-order valence-electron chi connectivity index (χ0n) is 14.6. The quantitative estimate of drug-likeness (QED) is 0.850. The van der Waals surface area contributed by atoms with Crippen molar-refractivity contribution in [2.24, 2.45) is 0 Å². The second-order valence-corrected chi connectivity index (χ2v) is 6.75. The zero-order chi connectivity index (χ0) is 17.8. The van der Waals surface area contributed by atoms with Crippen LogP contribution in [0.2, 0.25) is 0 Å². The molecular weight excluding hydrogens is 323 g/mol. The monoisotopic (exact) mass is 348 g/mol. The lowest BCUT2D eigenvalue weighted by Crippen LogP contribution is -2.57. The molecule has 6 nitrogen and oxygen atoms in total. The predicted molar refractivity (Wildman–Crippen MR) is 92.3 cm³/mol. The molecule has 2 aliphatic heterocycles. The first-order valence-electron chi connectivity index (χ1n) is 8.76. The normalized spacial score (nSPS) is 22.3. The number of nitrogens with zero attached hydrogens (tertiary/aromatic N) is 3. The number of halogens is 1. The van der Waals surface area contributed by atoms with Gasteiger partial charge in [0.1, 0.15) is 5.82 Å². The molecule has 1 aromatic carbocycles. The second-order valence-electron chi connectivity index (χ2n) is 6.75. The van der Waals surface area contributed by atoms with Gasteiger partial charge in [-0.05, 0) is 13.1 Å². The fraction of sp³-hybridized carbons (Fsp3) is 0.556. The fourth-order valence-electron chi connectivity index (χ4n) is 3.30. The van der Waals surface area contributed by atoms with Gasteiger partial charge in [-0.2, -0.15) is 0 Å². The third-order valence-electron chi connectivity index (χ3n) is 4.94. The van der Waals surface area contributed by atoms with E-state index in [2.05, 4.69) is 10.2 Å². The smallest absolute Gasteiger partial charge is 0.240 e. The van der Waals surface area contributed by atoms with Gasteiger partial charge in [0.25, 0.3) is 0 Å². The van der Waals surface area contributed by atoms with Crippen LogP contribution in [0.5, 0.6) is 0 Å². The molecule has 0 bridgehead atoms. The molecule has 0 radical (unpaired) electrons. The van der Waals surface area contributed by atoms with Gasteiger partial charge in [0.2, 0.25) is 11.8 Å². The van der Waals surface area contributed by atoms with E-state index in [0.717, 1.165) is 13.1 Å².